The third-order valence-corrected chi connectivity index (χ3v) is 2.81. The van der Waals surface area contributed by atoms with Gasteiger partial charge in [-0.2, -0.15) is 0 Å². The van der Waals surface area contributed by atoms with Gasteiger partial charge in [0.1, 0.15) is 6.26 Å². The SMILES string of the molecule is O=C(O)CCN(C(=O)c1ccc(=O)oc1)c1ccccc1. The van der Waals surface area contributed by atoms with Gasteiger partial charge in [-0.15, -0.1) is 0 Å². The summed E-state index contributed by atoms with van der Waals surface area (Å²) in [6.45, 7) is 0.0251. The fourth-order valence-corrected chi connectivity index (χ4v) is 1.80. The predicted octanol–water partition coefficient (Wildman–Crippen LogP) is 1.76. The Balaban J connectivity index is 2.30. The Morgan fingerprint density at radius 1 is 1.10 bits per heavy atom. The first-order chi connectivity index (χ1) is 10.1. The Kier molecular flexibility index (Phi) is 4.50. The lowest BCUT2D eigenvalue weighted by Gasteiger charge is -2.21. The number of rotatable bonds is 5. The van der Waals surface area contributed by atoms with Gasteiger partial charge in [0.2, 0.25) is 0 Å². The molecule has 0 fully saturated rings. The van der Waals surface area contributed by atoms with Crippen molar-refractivity contribution in [1.29, 1.82) is 0 Å². The fourth-order valence-electron chi connectivity index (χ4n) is 1.80. The van der Waals surface area contributed by atoms with Crippen molar-refractivity contribution in [3.63, 3.8) is 0 Å². The lowest BCUT2D eigenvalue weighted by Crippen LogP contribution is -2.33. The minimum atomic E-state index is -0.997. The zero-order valence-electron chi connectivity index (χ0n) is 11.1. The molecule has 21 heavy (non-hydrogen) atoms. The molecule has 0 bridgehead atoms. The van der Waals surface area contributed by atoms with Crippen molar-refractivity contribution in [2.24, 2.45) is 0 Å². The van der Waals surface area contributed by atoms with Crippen LogP contribution in [0.2, 0.25) is 0 Å². The number of para-hydroxylation sites is 1. The van der Waals surface area contributed by atoms with E-state index in [4.69, 9.17) is 5.11 Å². The van der Waals surface area contributed by atoms with Gasteiger partial charge in [-0.1, -0.05) is 18.2 Å². The van der Waals surface area contributed by atoms with E-state index in [0.717, 1.165) is 12.3 Å². The molecule has 2 rings (SSSR count). The van der Waals surface area contributed by atoms with Crippen LogP contribution in [0.5, 0.6) is 0 Å². The molecule has 0 radical (unpaired) electrons. The molecule has 1 amide bonds. The highest BCUT2D eigenvalue weighted by atomic mass is 16.4. The summed E-state index contributed by atoms with van der Waals surface area (Å²) in [4.78, 5) is 35.4. The molecular formula is C15H13NO5. The van der Waals surface area contributed by atoms with Crippen LogP contribution in [0.4, 0.5) is 5.69 Å². The average Bonchev–Trinajstić information content (AvgIpc) is 2.49. The maximum atomic E-state index is 12.4. The second-order valence-corrected chi connectivity index (χ2v) is 4.28. The van der Waals surface area contributed by atoms with Gasteiger partial charge in [0.15, 0.2) is 0 Å². The molecular weight excluding hydrogens is 274 g/mol. The second kappa shape index (κ2) is 6.51. The monoisotopic (exact) mass is 287 g/mol. The minimum Gasteiger partial charge on any atom is -0.481 e. The molecule has 2 aromatic rings. The number of hydrogen-bond donors (Lipinski definition) is 1. The molecule has 6 nitrogen and oxygen atoms in total. The smallest absolute Gasteiger partial charge is 0.335 e. The zero-order valence-corrected chi connectivity index (χ0v) is 11.1. The normalized spacial score (nSPS) is 10.1. The topological polar surface area (TPSA) is 87.8 Å². The Labute approximate surface area is 120 Å². The summed E-state index contributed by atoms with van der Waals surface area (Å²) in [5, 5.41) is 8.80. The first-order valence-electron chi connectivity index (χ1n) is 6.25. The fraction of sp³-hybridized carbons (Fsp3) is 0.133. The van der Waals surface area contributed by atoms with Gasteiger partial charge in [0.25, 0.3) is 5.91 Å². The largest absolute Gasteiger partial charge is 0.481 e. The van der Waals surface area contributed by atoms with Crippen molar-refractivity contribution in [1.82, 2.24) is 0 Å². The van der Waals surface area contributed by atoms with Gasteiger partial charge in [0, 0.05) is 18.3 Å². The molecule has 0 aliphatic rings. The third kappa shape index (κ3) is 3.79. The quantitative estimate of drug-likeness (QED) is 0.905. The van der Waals surface area contributed by atoms with Crippen molar-refractivity contribution >= 4 is 17.6 Å². The van der Waals surface area contributed by atoms with E-state index in [1.165, 1.54) is 11.0 Å². The van der Waals surface area contributed by atoms with Crippen molar-refractivity contribution in [3.8, 4) is 0 Å². The van der Waals surface area contributed by atoms with Crippen molar-refractivity contribution in [2.45, 2.75) is 6.42 Å². The van der Waals surface area contributed by atoms with E-state index in [2.05, 4.69) is 4.42 Å². The number of nitrogens with zero attached hydrogens (tertiary/aromatic N) is 1. The zero-order chi connectivity index (χ0) is 15.2. The summed E-state index contributed by atoms with van der Waals surface area (Å²) < 4.78 is 4.67. The Hall–Kier alpha value is -2.89. The molecule has 1 heterocycles. The van der Waals surface area contributed by atoms with E-state index < -0.39 is 17.5 Å². The lowest BCUT2D eigenvalue weighted by atomic mass is 10.2. The van der Waals surface area contributed by atoms with Crippen LogP contribution in [0, 0.1) is 0 Å². The minimum absolute atomic E-state index is 0.0251. The lowest BCUT2D eigenvalue weighted by molar-refractivity contribution is -0.136. The van der Waals surface area contributed by atoms with Crippen LogP contribution < -0.4 is 10.5 Å². The maximum absolute atomic E-state index is 12.4. The molecule has 108 valence electrons. The van der Waals surface area contributed by atoms with E-state index >= 15 is 0 Å². The van der Waals surface area contributed by atoms with E-state index in [1.54, 1.807) is 30.3 Å². The van der Waals surface area contributed by atoms with Gasteiger partial charge in [0.05, 0.1) is 12.0 Å². The molecule has 1 aromatic heterocycles. The van der Waals surface area contributed by atoms with Crippen LogP contribution in [0.15, 0.2) is 57.9 Å². The van der Waals surface area contributed by atoms with Gasteiger partial charge >= 0.3 is 11.6 Å². The summed E-state index contributed by atoms with van der Waals surface area (Å²) in [6.07, 6.45) is 0.888. The summed E-state index contributed by atoms with van der Waals surface area (Å²) in [7, 11) is 0. The molecule has 0 aliphatic carbocycles. The molecule has 0 saturated carbocycles. The molecule has 0 spiro atoms. The number of carbonyl (C=O) groups is 2. The van der Waals surface area contributed by atoms with Gasteiger partial charge in [-0.25, -0.2) is 4.79 Å². The van der Waals surface area contributed by atoms with Crippen LogP contribution in [0.25, 0.3) is 0 Å². The number of carbonyl (C=O) groups excluding carboxylic acids is 1. The first kappa shape index (κ1) is 14.5. The van der Waals surface area contributed by atoms with E-state index in [9.17, 15) is 14.4 Å². The number of aliphatic carboxylic acids is 1. The summed E-state index contributed by atoms with van der Waals surface area (Å²) >= 11 is 0. The number of carboxylic acid groups (broad SMARTS) is 1. The number of benzene rings is 1. The van der Waals surface area contributed by atoms with E-state index in [1.807, 2.05) is 0 Å². The van der Waals surface area contributed by atoms with Gasteiger partial charge < -0.3 is 14.4 Å². The van der Waals surface area contributed by atoms with Crippen molar-refractivity contribution in [3.05, 3.63) is 64.7 Å². The number of anilines is 1. The van der Waals surface area contributed by atoms with Crippen LogP contribution in [0.1, 0.15) is 16.8 Å². The summed E-state index contributed by atoms with van der Waals surface area (Å²) in [5.74, 6) is -1.42. The van der Waals surface area contributed by atoms with E-state index in [0.29, 0.717) is 5.69 Å². The standard InChI is InChI=1S/C15H13NO5/c17-13(18)8-9-16(12-4-2-1-3-5-12)15(20)11-6-7-14(19)21-10-11/h1-7,10H,8-9H2,(H,17,18). The molecule has 0 unspecified atom stereocenters. The van der Waals surface area contributed by atoms with Gasteiger partial charge in [-0.3, -0.25) is 9.59 Å². The first-order valence-corrected chi connectivity index (χ1v) is 6.25. The Morgan fingerprint density at radius 3 is 2.38 bits per heavy atom. The number of hydrogen-bond acceptors (Lipinski definition) is 4. The maximum Gasteiger partial charge on any atom is 0.335 e. The molecule has 6 heteroatoms. The highest BCUT2D eigenvalue weighted by Gasteiger charge is 2.19. The van der Waals surface area contributed by atoms with Crippen molar-refractivity contribution < 1.29 is 19.1 Å². The molecule has 0 saturated heterocycles. The van der Waals surface area contributed by atoms with Crippen LogP contribution in [-0.4, -0.2) is 23.5 Å². The Morgan fingerprint density at radius 2 is 1.81 bits per heavy atom. The van der Waals surface area contributed by atoms with Crippen LogP contribution in [0.3, 0.4) is 0 Å². The van der Waals surface area contributed by atoms with Crippen molar-refractivity contribution in [2.75, 3.05) is 11.4 Å². The van der Waals surface area contributed by atoms with Crippen LogP contribution in [-0.2, 0) is 4.79 Å². The Bertz CT molecular complexity index is 672. The summed E-state index contributed by atoms with van der Waals surface area (Å²) in [6, 6.07) is 11.2. The molecule has 1 aromatic carbocycles. The predicted molar refractivity (Wildman–Crippen MR) is 75.3 cm³/mol. The van der Waals surface area contributed by atoms with Crippen LogP contribution >= 0.6 is 0 Å². The molecule has 0 atom stereocenters. The summed E-state index contributed by atoms with van der Waals surface area (Å²) in [5.41, 5.74) is 0.210. The van der Waals surface area contributed by atoms with E-state index in [-0.39, 0.29) is 18.5 Å². The van der Waals surface area contributed by atoms with Gasteiger partial charge in [-0.05, 0) is 18.2 Å². The highest BCUT2D eigenvalue weighted by molar-refractivity contribution is 6.06. The number of amides is 1. The molecule has 0 aliphatic heterocycles. The second-order valence-electron chi connectivity index (χ2n) is 4.28. The number of carboxylic acids is 1. The third-order valence-electron chi connectivity index (χ3n) is 2.81. The average molecular weight is 287 g/mol. The molecule has 1 N–H and O–H groups in total. The highest BCUT2D eigenvalue weighted by Crippen LogP contribution is 2.17.